The highest BCUT2D eigenvalue weighted by Crippen LogP contribution is 2.25. The van der Waals surface area contributed by atoms with Crippen molar-refractivity contribution >= 4 is 5.91 Å². The molecule has 0 spiro atoms. The summed E-state index contributed by atoms with van der Waals surface area (Å²) in [6, 6.07) is 4.76. The van der Waals surface area contributed by atoms with Crippen molar-refractivity contribution in [3.8, 4) is 0 Å². The van der Waals surface area contributed by atoms with Gasteiger partial charge in [-0.2, -0.15) is 0 Å². The van der Waals surface area contributed by atoms with Crippen LogP contribution >= 0.6 is 0 Å². The van der Waals surface area contributed by atoms with Crippen molar-refractivity contribution in [3.05, 3.63) is 30.1 Å². The van der Waals surface area contributed by atoms with Crippen molar-refractivity contribution in [2.45, 2.75) is 64.0 Å². The maximum atomic E-state index is 12.9. The van der Waals surface area contributed by atoms with E-state index >= 15 is 0 Å². The minimum atomic E-state index is 0.0877. The molecule has 3 rings (SSSR count). The highest BCUT2D eigenvalue weighted by Gasteiger charge is 2.30. The fourth-order valence-corrected chi connectivity index (χ4v) is 4.18. The van der Waals surface area contributed by atoms with Crippen molar-refractivity contribution < 1.29 is 9.53 Å². The summed E-state index contributed by atoms with van der Waals surface area (Å²) in [6.45, 7) is 6.03. The van der Waals surface area contributed by atoms with E-state index < -0.39 is 0 Å². The van der Waals surface area contributed by atoms with E-state index in [2.05, 4.69) is 28.2 Å². The lowest BCUT2D eigenvalue weighted by Crippen LogP contribution is -2.47. The Morgan fingerprint density at radius 2 is 2.08 bits per heavy atom. The zero-order valence-electron chi connectivity index (χ0n) is 16.0. The molecule has 2 aliphatic heterocycles. The predicted molar refractivity (Wildman–Crippen MR) is 103 cm³/mol. The third-order valence-corrected chi connectivity index (χ3v) is 5.86. The number of piperidine rings is 1. The number of nitrogens with one attached hydrogen (secondary N) is 1. The van der Waals surface area contributed by atoms with Gasteiger partial charge in [0.25, 0.3) is 0 Å². The zero-order valence-corrected chi connectivity index (χ0v) is 16.0. The average Bonchev–Trinajstić information content (AvgIpc) is 2.72. The minimum Gasteiger partial charge on any atom is -0.381 e. The van der Waals surface area contributed by atoms with Gasteiger partial charge in [0.15, 0.2) is 0 Å². The molecular weight excluding hydrogens is 326 g/mol. The highest BCUT2D eigenvalue weighted by atomic mass is 16.5. The van der Waals surface area contributed by atoms with E-state index in [9.17, 15) is 4.79 Å². The van der Waals surface area contributed by atoms with Crippen molar-refractivity contribution in [2.24, 2.45) is 5.92 Å². The molecule has 2 aliphatic rings. The summed E-state index contributed by atoms with van der Waals surface area (Å²) in [7, 11) is 0. The number of likely N-dealkylation sites (tertiary alicyclic amines) is 1. The third kappa shape index (κ3) is 5.27. The lowest BCUT2D eigenvalue weighted by molar-refractivity contribution is -0.127. The van der Waals surface area contributed by atoms with Crippen LogP contribution in [0.5, 0.6) is 0 Å². The number of hydrogen-bond donors (Lipinski definition) is 1. The van der Waals surface area contributed by atoms with Crippen LogP contribution in [0.2, 0.25) is 0 Å². The first-order valence-corrected chi connectivity index (χ1v) is 10.3. The molecule has 0 saturated carbocycles. The summed E-state index contributed by atoms with van der Waals surface area (Å²) in [4.78, 5) is 19.7. The van der Waals surface area contributed by atoms with Gasteiger partial charge < -0.3 is 15.0 Å². The maximum absolute atomic E-state index is 12.9. The lowest BCUT2D eigenvalue weighted by atomic mass is 9.92. The number of aromatic nitrogens is 1. The Labute approximate surface area is 157 Å². The number of amides is 1. The van der Waals surface area contributed by atoms with Crippen molar-refractivity contribution in [3.63, 3.8) is 0 Å². The Morgan fingerprint density at radius 3 is 2.73 bits per heavy atom. The van der Waals surface area contributed by atoms with Crippen LogP contribution in [0.25, 0.3) is 0 Å². The van der Waals surface area contributed by atoms with Gasteiger partial charge in [0.05, 0.1) is 6.04 Å². The SMILES string of the molecule is CCCCC(NC(=O)C1CCN(C2CCOCC2)CC1)c1cccnc1. The van der Waals surface area contributed by atoms with Crippen LogP contribution in [0.4, 0.5) is 0 Å². The number of nitrogens with zero attached hydrogens (tertiary/aromatic N) is 2. The second-order valence-electron chi connectivity index (χ2n) is 7.64. The fourth-order valence-electron chi connectivity index (χ4n) is 4.18. The molecular formula is C21H33N3O2. The molecule has 3 heterocycles. The van der Waals surface area contributed by atoms with Crippen LogP contribution in [0.1, 0.15) is 63.5 Å². The normalized spacial score (nSPS) is 21.4. The number of unbranched alkanes of at least 4 members (excludes halogenated alkanes) is 1. The van der Waals surface area contributed by atoms with Gasteiger partial charge in [0.1, 0.15) is 0 Å². The molecule has 2 fully saturated rings. The molecule has 1 aromatic heterocycles. The van der Waals surface area contributed by atoms with Gasteiger partial charge in [-0.15, -0.1) is 0 Å². The Hall–Kier alpha value is -1.46. The summed E-state index contributed by atoms with van der Waals surface area (Å²) in [5, 5.41) is 3.31. The predicted octanol–water partition coefficient (Wildman–Crippen LogP) is 3.32. The Balaban J connectivity index is 1.51. The molecule has 5 heteroatoms. The van der Waals surface area contributed by atoms with E-state index in [-0.39, 0.29) is 17.9 Å². The first kappa shape index (κ1) is 19.3. The van der Waals surface area contributed by atoms with Gasteiger partial charge in [0, 0.05) is 37.6 Å². The molecule has 1 atom stereocenters. The smallest absolute Gasteiger partial charge is 0.223 e. The molecule has 0 radical (unpaired) electrons. The molecule has 0 aromatic carbocycles. The molecule has 1 N–H and O–H groups in total. The molecule has 2 saturated heterocycles. The number of pyridine rings is 1. The summed E-state index contributed by atoms with van der Waals surface area (Å²) in [5.74, 6) is 0.369. The third-order valence-electron chi connectivity index (χ3n) is 5.86. The van der Waals surface area contributed by atoms with Gasteiger partial charge >= 0.3 is 0 Å². The topological polar surface area (TPSA) is 54.5 Å². The average molecular weight is 360 g/mol. The van der Waals surface area contributed by atoms with Crippen LogP contribution in [-0.2, 0) is 9.53 Å². The number of hydrogen-bond acceptors (Lipinski definition) is 4. The molecule has 5 nitrogen and oxygen atoms in total. The molecule has 1 aromatic rings. The number of carbonyl (C=O) groups excluding carboxylic acids is 1. The lowest BCUT2D eigenvalue weighted by Gasteiger charge is -2.39. The number of ether oxygens (including phenoxy) is 1. The first-order chi connectivity index (χ1) is 12.8. The van der Waals surface area contributed by atoms with E-state index in [1.54, 1.807) is 6.20 Å². The number of carbonyl (C=O) groups is 1. The summed E-state index contributed by atoms with van der Waals surface area (Å²) in [5.41, 5.74) is 1.12. The molecule has 1 amide bonds. The Morgan fingerprint density at radius 1 is 1.31 bits per heavy atom. The monoisotopic (exact) mass is 359 g/mol. The van der Waals surface area contributed by atoms with E-state index in [1.165, 1.54) is 0 Å². The van der Waals surface area contributed by atoms with E-state index in [4.69, 9.17) is 4.74 Å². The van der Waals surface area contributed by atoms with Crippen molar-refractivity contribution in [1.82, 2.24) is 15.2 Å². The quantitative estimate of drug-likeness (QED) is 0.811. The Bertz CT molecular complexity index is 537. The highest BCUT2D eigenvalue weighted by molar-refractivity contribution is 5.79. The summed E-state index contributed by atoms with van der Waals surface area (Å²) in [6.07, 6.45) is 11.1. The van der Waals surface area contributed by atoms with E-state index in [1.807, 2.05) is 12.3 Å². The number of rotatable bonds is 7. The molecule has 1 unspecified atom stereocenters. The van der Waals surface area contributed by atoms with Gasteiger partial charge in [-0.05, 0) is 56.8 Å². The van der Waals surface area contributed by atoms with Gasteiger partial charge in [0.2, 0.25) is 5.91 Å². The summed E-state index contributed by atoms with van der Waals surface area (Å²) >= 11 is 0. The molecule has 0 bridgehead atoms. The van der Waals surface area contributed by atoms with Crippen LogP contribution in [0.3, 0.4) is 0 Å². The summed E-state index contributed by atoms with van der Waals surface area (Å²) < 4.78 is 5.47. The largest absolute Gasteiger partial charge is 0.381 e. The first-order valence-electron chi connectivity index (χ1n) is 10.3. The maximum Gasteiger partial charge on any atom is 0.223 e. The minimum absolute atomic E-state index is 0.0877. The van der Waals surface area contributed by atoms with Gasteiger partial charge in [-0.25, -0.2) is 0 Å². The van der Waals surface area contributed by atoms with Crippen molar-refractivity contribution in [1.29, 1.82) is 0 Å². The second kappa shape index (κ2) is 10.0. The van der Waals surface area contributed by atoms with Gasteiger partial charge in [-0.1, -0.05) is 25.8 Å². The zero-order chi connectivity index (χ0) is 18.2. The van der Waals surface area contributed by atoms with Crippen LogP contribution in [0, 0.1) is 5.92 Å². The second-order valence-corrected chi connectivity index (χ2v) is 7.64. The molecule has 0 aliphatic carbocycles. The molecule has 26 heavy (non-hydrogen) atoms. The standard InChI is InChI=1S/C21H33N3O2/c1-2-3-6-20(18-5-4-11-22-16-18)23-21(25)17-7-12-24(13-8-17)19-9-14-26-15-10-19/h4-5,11,16-17,19-20H,2-3,6-10,12-15H2,1H3,(H,23,25). The van der Waals surface area contributed by atoms with Gasteiger partial charge in [-0.3, -0.25) is 9.78 Å². The van der Waals surface area contributed by atoms with Crippen LogP contribution in [-0.4, -0.2) is 48.1 Å². The van der Waals surface area contributed by atoms with Crippen LogP contribution < -0.4 is 5.32 Å². The Kier molecular flexibility index (Phi) is 7.44. The fraction of sp³-hybridized carbons (Fsp3) is 0.714. The molecule has 144 valence electrons. The van der Waals surface area contributed by atoms with Crippen LogP contribution in [0.15, 0.2) is 24.5 Å². The van der Waals surface area contributed by atoms with E-state index in [0.29, 0.717) is 6.04 Å². The van der Waals surface area contributed by atoms with E-state index in [0.717, 1.165) is 76.8 Å². The van der Waals surface area contributed by atoms with Crippen molar-refractivity contribution in [2.75, 3.05) is 26.3 Å².